The third kappa shape index (κ3) is 5.42. The Morgan fingerprint density at radius 3 is 2.20 bits per heavy atom. The summed E-state index contributed by atoms with van der Waals surface area (Å²) in [6.07, 6.45) is 1.60. The minimum atomic E-state index is -3.69. The molecule has 0 bridgehead atoms. The molecule has 1 aliphatic rings. The van der Waals surface area contributed by atoms with E-state index in [9.17, 15) is 8.42 Å². The van der Waals surface area contributed by atoms with Crippen molar-refractivity contribution in [2.75, 3.05) is 6.61 Å². The minimum Gasteiger partial charge on any atom is -0.413 e. The Labute approximate surface area is 184 Å². The summed E-state index contributed by atoms with van der Waals surface area (Å²) in [6.45, 7) is 20.1. The van der Waals surface area contributed by atoms with Gasteiger partial charge in [0.1, 0.15) is 0 Å². The van der Waals surface area contributed by atoms with Crippen LogP contribution in [0.5, 0.6) is 0 Å². The van der Waals surface area contributed by atoms with Crippen molar-refractivity contribution >= 4 is 24.1 Å². The van der Waals surface area contributed by atoms with Crippen LogP contribution in [-0.2, 0) is 14.4 Å². The van der Waals surface area contributed by atoms with Crippen LogP contribution < -0.4 is 4.83 Å². The van der Waals surface area contributed by atoms with Crippen molar-refractivity contribution < 1.29 is 12.8 Å². The third-order valence-electron chi connectivity index (χ3n) is 6.74. The summed E-state index contributed by atoms with van der Waals surface area (Å²) < 4.78 is 31.8. The van der Waals surface area contributed by atoms with E-state index in [1.807, 2.05) is 6.92 Å². The number of allylic oxidation sites excluding steroid dienone is 1. The van der Waals surface area contributed by atoms with Gasteiger partial charge in [-0.1, -0.05) is 57.9 Å². The minimum absolute atomic E-state index is 0.140. The molecule has 0 fully saturated rings. The third-order valence-corrected chi connectivity index (χ3v) is 12.4. The first kappa shape index (κ1) is 24.8. The van der Waals surface area contributed by atoms with Crippen LogP contribution in [0.25, 0.3) is 0 Å². The molecule has 1 aromatic carbocycles. The molecule has 0 unspecified atom stereocenters. The van der Waals surface area contributed by atoms with Gasteiger partial charge in [-0.3, -0.25) is 0 Å². The molecule has 0 aromatic heterocycles. The Hall–Kier alpha value is -1.44. The Morgan fingerprint density at radius 2 is 1.67 bits per heavy atom. The molecule has 7 heteroatoms. The van der Waals surface area contributed by atoms with E-state index in [2.05, 4.69) is 64.6 Å². The van der Waals surface area contributed by atoms with Gasteiger partial charge in [-0.2, -0.15) is 13.5 Å². The van der Waals surface area contributed by atoms with Crippen LogP contribution in [0.15, 0.2) is 45.4 Å². The van der Waals surface area contributed by atoms with Crippen LogP contribution in [0.3, 0.4) is 0 Å². The van der Waals surface area contributed by atoms with Crippen molar-refractivity contribution in [2.45, 2.75) is 84.3 Å². The molecule has 0 amide bonds. The molecule has 0 atom stereocenters. The molecule has 1 N–H and O–H groups in total. The topological polar surface area (TPSA) is 67.8 Å². The fraction of sp³-hybridized carbons (Fsp3) is 0.609. The van der Waals surface area contributed by atoms with Gasteiger partial charge in [0.05, 0.1) is 11.5 Å². The SMILES string of the molecule is CC1=C(CO[Si](C)(C)C(C)(C)C)C(C)(C)/C(=N\NS(=O)(=O)c2ccc(C)cc2)CC1. The molecule has 0 spiro atoms. The highest BCUT2D eigenvalue weighted by Crippen LogP contribution is 2.41. The maximum atomic E-state index is 12.7. The Morgan fingerprint density at radius 1 is 1.10 bits per heavy atom. The summed E-state index contributed by atoms with van der Waals surface area (Å²) >= 11 is 0. The predicted molar refractivity (Wildman–Crippen MR) is 128 cm³/mol. The van der Waals surface area contributed by atoms with Crippen LogP contribution in [0.1, 0.15) is 59.9 Å². The lowest BCUT2D eigenvalue weighted by Gasteiger charge is -2.40. The van der Waals surface area contributed by atoms with Gasteiger partial charge in [0.15, 0.2) is 8.32 Å². The highest BCUT2D eigenvalue weighted by molar-refractivity contribution is 7.89. The van der Waals surface area contributed by atoms with Crippen LogP contribution in [0.2, 0.25) is 18.1 Å². The normalized spacial score (nSPS) is 19.3. The largest absolute Gasteiger partial charge is 0.413 e. The van der Waals surface area contributed by atoms with Gasteiger partial charge in [-0.15, -0.1) is 0 Å². The lowest BCUT2D eigenvalue weighted by Crippen LogP contribution is -2.43. The summed E-state index contributed by atoms with van der Waals surface area (Å²) in [5.74, 6) is 0. The number of aryl methyl sites for hydroxylation is 1. The van der Waals surface area contributed by atoms with Crippen molar-refractivity contribution in [3.63, 3.8) is 0 Å². The molecule has 1 aromatic rings. The lowest BCUT2D eigenvalue weighted by atomic mass is 9.71. The molecule has 30 heavy (non-hydrogen) atoms. The smallest absolute Gasteiger partial charge is 0.276 e. The second-order valence-corrected chi connectivity index (χ2v) is 16.9. The van der Waals surface area contributed by atoms with Gasteiger partial charge in [0, 0.05) is 11.1 Å². The summed E-state index contributed by atoms with van der Waals surface area (Å²) in [7, 11) is -5.58. The number of benzene rings is 1. The molecule has 5 nitrogen and oxygen atoms in total. The molecule has 0 saturated heterocycles. The summed E-state index contributed by atoms with van der Waals surface area (Å²) in [6, 6.07) is 6.78. The van der Waals surface area contributed by atoms with Crippen LogP contribution >= 0.6 is 0 Å². The second kappa shape index (κ2) is 8.59. The maximum absolute atomic E-state index is 12.7. The fourth-order valence-electron chi connectivity index (χ4n) is 3.33. The van der Waals surface area contributed by atoms with Crippen molar-refractivity contribution in [3.8, 4) is 0 Å². The zero-order valence-electron chi connectivity index (χ0n) is 20.0. The van der Waals surface area contributed by atoms with Gasteiger partial charge in [0.2, 0.25) is 0 Å². The monoisotopic (exact) mass is 450 g/mol. The zero-order chi connectivity index (χ0) is 23.0. The van der Waals surface area contributed by atoms with Gasteiger partial charge in [-0.05, 0) is 62.5 Å². The van der Waals surface area contributed by atoms with Gasteiger partial charge < -0.3 is 4.43 Å². The standard InChI is InChI=1S/C23H38N2O3SSi/c1-17-10-13-19(14-11-17)29(26,27)25-24-21-15-12-18(2)20(23(21,6)7)16-28-30(8,9)22(3,4)5/h10-11,13-14,25H,12,15-16H2,1-9H3/b24-21-. The van der Waals surface area contributed by atoms with E-state index in [0.717, 1.165) is 24.1 Å². The number of nitrogens with zero attached hydrogens (tertiary/aromatic N) is 1. The molecule has 1 aliphatic carbocycles. The molecule has 0 saturated carbocycles. The van der Waals surface area contributed by atoms with Gasteiger partial charge in [0.25, 0.3) is 10.0 Å². The Bertz CT molecular complexity index is 938. The number of hydrazone groups is 1. The highest BCUT2D eigenvalue weighted by Gasteiger charge is 2.40. The second-order valence-electron chi connectivity index (χ2n) is 10.4. The van der Waals surface area contributed by atoms with Gasteiger partial charge >= 0.3 is 0 Å². The fourth-order valence-corrected chi connectivity index (χ4v) is 5.10. The van der Waals surface area contributed by atoms with Crippen molar-refractivity contribution in [2.24, 2.45) is 10.5 Å². The molecular weight excluding hydrogens is 412 g/mol. The Balaban J connectivity index is 2.24. The number of nitrogens with one attached hydrogen (secondary N) is 1. The van der Waals surface area contributed by atoms with E-state index in [0.29, 0.717) is 6.61 Å². The first-order chi connectivity index (χ1) is 13.6. The lowest BCUT2D eigenvalue weighted by molar-refractivity contribution is 0.296. The number of hydrogen-bond donors (Lipinski definition) is 1. The average molecular weight is 451 g/mol. The number of hydrogen-bond acceptors (Lipinski definition) is 4. The molecule has 0 aliphatic heterocycles. The summed E-state index contributed by atoms with van der Waals surface area (Å²) in [5.41, 5.74) is 4.03. The van der Waals surface area contributed by atoms with Crippen molar-refractivity contribution in [1.29, 1.82) is 0 Å². The van der Waals surface area contributed by atoms with Gasteiger partial charge in [-0.25, -0.2) is 4.83 Å². The van der Waals surface area contributed by atoms with Crippen molar-refractivity contribution in [3.05, 3.63) is 41.0 Å². The molecule has 2 rings (SSSR count). The first-order valence-electron chi connectivity index (χ1n) is 10.6. The zero-order valence-corrected chi connectivity index (χ0v) is 21.8. The van der Waals surface area contributed by atoms with E-state index >= 15 is 0 Å². The molecule has 0 heterocycles. The van der Waals surface area contributed by atoms with Crippen molar-refractivity contribution in [1.82, 2.24) is 4.83 Å². The van der Waals surface area contributed by atoms with E-state index in [1.54, 1.807) is 24.3 Å². The van der Waals surface area contributed by atoms with Crippen LogP contribution in [0.4, 0.5) is 0 Å². The predicted octanol–water partition coefficient (Wildman–Crippen LogP) is 5.79. The highest BCUT2D eigenvalue weighted by atomic mass is 32.2. The van der Waals surface area contributed by atoms with E-state index in [-0.39, 0.29) is 15.3 Å². The summed E-state index contributed by atoms with van der Waals surface area (Å²) in [5, 5.41) is 4.52. The quantitative estimate of drug-likeness (QED) is 0.339. The average Bonchev–Trinajstić information content (AvgIpc) is 2.59. The summed E-state index contributed by atoms with van der Waals surface area (Å²) in [4.78, 5) is 2.68. The first-order valence-corrected chi connectivity index (χ1v) is 15.0. The van der Waals surface area contributed by atoms with Crippen LogP contribution in [-0.4, -0.2) is 29.1 Å². The molecule has 168 valence electrons. The van der Waals surface area contributed by atoms with E-state index in [4.69, 9.17) is 4.43 Å². The Kier molecular flexibility index (Phi) is 7.11. The number of sulfonamides is 1. The molecular formula is C23H38N2O3SSi. The molecule has 0 radical (unpaired) electrons. The van der Waals surface area contributed by atoms with Crippen LogP contribution in [0, 0.1) is 12.3 Å². The van der Waals surface area contributed by atoms with E-state index < -0.39 is 18.3 Å². The number of rotatable bonds is 6. The van der Waals surface area contributed by atoms with E-state index in [1.165, 1.54) is 11.1 Å². The maximum Gasteiger partial charge on any atom is 0.276 e.